The van der Waals surface area contributed by atoms with Crippen LogP contribution in [0.15, 0.2) is 18.3 Å². The van der Waals surface area contributed by atoms with Crippen LogP contribution in [0.1, 0.15) is 25.1 Å². The van der Waals surface area contributed by atoms with Gasteiger partial charge < -0.3 is 14.9 Å². The summed E-state index contributed by atoms with van der Waals surface area (Å²) < 4.78 is 0. The Balaban J connectivity index is 2.04. The lowest BCUT2D eigenvalue weighted by Crippen LogP contribution is -2.31. The van der Waals surface area contributed by atoms with Crippen LogP contribution in [0.5, 0.6) is 0 Å². The minimum Gasteiger partial charge on any atom is -0.387 e. The largest absolute Gasteiger partial charge is 0.387 e. The minimum absolute atomic E-state index is 0.489. The molecule has 0 bridgehead atoms. The Hall–Kier alpha value is -1.13. The minimum atomic E-state index is -0.489. The van der Waals surface area contributed by atoms with Crippen LogP contribution >= 0.6 is 0 Å². The lowest BCUT2D eigenvalue weighted by molar-refractivity contribution is 0.194. The predicted molar refractivity (Wildman–Crippen MR) is 69.2 cm³/mol. The van der Waals surface area contributed by atoms with E-state index in [1.54, 1.807) is 6.92 Å². The first-order chi connectivity index (χ1) is 8.08. The summed E-state index contributed by atoms with van der Waals surface area (Å²) in [5, 5.41) is 9.41. The van der Waals surface area contributed by atoms with Crippen LogP contribution in [0.25, 0.3) is 0 Å². The highest BCUT2D eigenvalue weighted by Gasteiger charge is 2.24. The van der Waals surface area contributed by atoms with E-state index in [1.165, 1.54) is 6.42 Å². The molecule has 0 spiro atoms. The normalized spacial score (nSPS) is 22.2. The molecular formula is C13H21N3O. The summed E-state index contributed by atoms with van der Waals surface area (Å²) in [6, 6.07) is 4.59. The molecule has 94 valence electrons. The zero-order chi connectivity index (χ0) is 12.4. The molecular weight excluding hydrogens is 214 g/mol. The van der Waals surface area contributed by atoms with Crippen LogP contribution in [0.4, 0.5) is 5.69 Å². The molecule has 1 aromatic heterocycles. The lowest BCUT2D eigenvalue weighted by atomic mass is 10.2. The Kier molecular flexibility index (Phi) is 3.64. The summed E-state index contributed by atoms with van der Waals surface area (Å²) in [5.74, 6) is 0. The first kappa shape index (κ1) is 12.3. The van der Waals surface area contributed by atoms with Crippen molar-refractivity contribution in [3.8, 4) is 0 Å². The smallest absolute Gasteiger partial charge is 0.0931 e. The van der Waals surface area contributed by atoms with E-state index in [0.29, 0.717) is 6.04 Å². The molecule has 4 nitrogen and oxygen atoms in total. The zero-order valence-electron chi connectivity index (χ0n) is 10.8. The van der Waals surface area contributed by atoms with Gasteiger partial charge in [0.2, 0.25) is 0 Å². The average molecular weight is 235 g/mol. The first-order valence-corrected chi connectivity index (χ1v) is 6.13. The van der Waals surface area contributed by atoms with Crippen molar-refractivity contribution in [1.29, 1.82) is 0 Å². The SMILES string of the molecule is CC(O)c1ccc(N2CCC(N(C)C)C2)cn1. The zero-order valence-corrected chi connectivity index (χ0v) is 10.8. The molecule has 0 radical (unpaired) electrons. The number of nitrogens with zero attached hydrogens (tertiary/aromatic N) is 3. The van der Waals surface area contributed by atoms with E-state index in [1.807, 2.05) is 18.3 Å². The number of aliphatic hydroxyl groups is 1. The fraction of sp³-hybridized carbons (Fsp3) is 0.615. The maximum atomic E-state index is 9.41. The number of likely N-dealkylation sites (N-methyl/N-ethyl adjacent to an activating group) is 1. The topological polar surface area (TPSA) is 39.6 Å². The van der Waals surface area contributed by atoms with Crippen LogP contribution in [-0.2, 0) is 0 Å². The van der Waals surface area contributed by atoms with Gasteiger partial charge in [-0.3, -0.25) is 4.98 Å². The van der Waals surface area contributed by atoms with Gasteiger partial charge in [-0.1, -0.05) is 0 Å². The molecule has 2 rings (SSSR count). The van der Waals surface area contributed by atoms with Crippen molar-refractivity contribution in [2.24, 2.45) is 0 Å². The van der Waals surface area contributed by atoms with E-state index >= 15 is 0 Å². The molecule has 0 aliphatic carbocycles. The van der Waals surface area contributed by atoms with Gasteiger partial charge >= 0.3 is 0 Å². The number of aliphatic hydroxyl groups excluding tert-OH is 1. The monoisotopic (exact) mass is 235 g/mol. The Labute approximate surface area is 103 Å². The second-order valence-corrected chi connectivity index (χ2v) is 4.97. The van der Waals surface area contributed by atoms with Crippen molar-refractivity contribution in [3.05, 3.63) is 24.0 Å². The molecule has 4 heteroatoms. The maximum absolute atomic E-state index is 9.41. The van der Waals surface area contributed by atoms with Gasteiger partial charge in [0.1, 0.15) is 0 Å². The Morgan fingerprint density at radius 3 is 2.71 bits per heavy atom. The van der Waals surface area contributed by atoms with Crippen LogP contribution in [0.2, 0.25) is 0 Å². The summed E-state index contributed by atoms with van der Waals surface area (Å²) >= 11 is 0. The quantitative estimate of drug-likeness (QED) is 0.856. The number of hydrogen-bond donors (Lipinski definition) is 1. The van der Waals surface area contributed by atoms with E-state index in [-0.39, 0.29) is 0 Å². The van der Waals surface area contributed by atoms with E-state index in [0.717, 1.165) is 24.5 Å². The molecule has 1 aliphatic heterocycles. The van der Waals surface area contributed by atoms with Gasteiger partial charge in [-0.05, 0) is 39.6 Å². The van der Waals surface area contributed by atoms with Gasteiger partial charge in [0, 0.05) is 19.1 Å². The average Bonchev–Trinajstić information content (AvgIpc) is 2.78. The summed E-state index contributed by atoms with van der Waals surface area (Å²) in [4.78, 5) is 8.91. The van der Waals surface area contributed by atoms with Gasteiger partial charge in [-0.15, -0.1) is 0 Å². The third kappa shape index (κ3) is 2.76. The molecule has 1 saturated heterocycles. The van der Waals surface area contributed by atoms with Crippen LogP contribution < -0.4 is 4.90 Å². The fourth-order valence-corrected chi connectivity index (χ4v) is 2.23. The third-order valence-electron chi connectivity index (χ3n) is 3.46. The second kappa shape index (κ2) is 5.02. The van der Waals surface area contributed by atoms with Crippen LogP contribution in [0, 0.1) is 0 Å². The van der Waals surface area contributed by atoms with Crippen LogP contribution in [-0.4, -0.2) is 48.2 Å². The van der Waals surface area contributed by atoms with Gasteiger partial charge in [0.05, 0.1) is 23.7 Å². The highest BCUT2D eigenvalue weighted by Crippen LogP contribution is 2.22. The Morgan fingerprint density at radius 2 is 2.24 bits per heavy atom. The molecule has 1 aromatic rings. The molecule has 2 heterocycles. The van der Waals surface area contributed by atoms with E-state index in [4.69, 9.17) is 0 Å². The number of pyridine rings is 1. The molecule has 2 unspecified atom stereocenters. The van der Waals surface area contributed by atoms with Gasteiger partial charge in [0.25, 0.3) is 0 Å². The Morgan fingerprint density at radius 1 is 1.47 bits per heavy atom. The molecule has 2 atom stereocenters. The molecule has 0 amide bonds. The van der Waals surface area contributed by atoms with E-state index in [2.05, 4.69) is 28.9 Å². The van der Waals surface area contributed by atoms with E-state index in [9.17, 15) is 5.11 Å². The van der Waals surface area contributed by atoms with Gasteiger partial charge in [-0.25, -0.2) is 0 Å². The lowest BCUT2D eigenvalue weighted by Gasteiger charge is -2.21. The number of anilines is 1. The predicted octanol–water partition coefficient (Wildman–Crippen LogP) is 1.28. The summed E-state index contributed by atoms with van der Waals surface area (Å²) in [7, 11) is 4.26. The highest BCUT2D eigenvalue weighted by atomic mass is 16.3. The Bertz CT molecular complexity index is 361. The standard InChI is InChI=1S/C13H21N3O/c1-10(17)13-5-4-11(8-14-13)16-7-6-12(9-16)15(2)3/h4-5,8,10,12,17H,6-7,9H2,1-3H3. The second-order valence-electron chi connectivity index (χ2n) is 4.97. The van der Waals surface area contributed by atoms with Crippen molar-refractivity contribution < 1.29 is 5.11 Å². The first-order valence-electron chi connectivity index (χ1n) is 6.13. The van der Waals surface area contributed by atoms with Gasteiger partial charge in [0.15, 0.2) is 0 Å². The number of aromatic nitrogens is 1. The summed E-state index contributed by atoms with van der Waals surface area (Å²) in [6.45, 7) is 3.88. The van der Waals surface area contributed by atoms with Crippen molar-refractivity contribution in [2.45, 2.75) is 25.5 Å². The van der Waals surface area contributed by atoms with Crippen molar-refractivity contribution >= 4 is 5.69 Å². The van der Waals surface area contributed by atoms with Crippen molar-refractivity contribution in [3.63, 3.8) is 0 Å². The molecule has 17 heavy (non-hydrogen) atoms. The van der Waals surface area contributed by atoms with Gasteiger partial charge in [-0.2, -0.15) is 0 Å². The summed E-state index contributed by atoms with van der Waals surface area (Å²) in [6.07, 6.45) is 2.57. The molecule has 1 aliphatic rings. The van der Waals surface area contributed by atoms with Crippen LogP contribution in [0.3, 0.4) is 0 Å². The molecule has 0 saturated carbocycles. The molecule has 0 aromatic carbocycles. The number of rotatable bonds is 3. The van der Waals surface area contributed by atoms with E-state index < -0.39 is 6.10 Å². The molecule has 1 fully saturated rings. The fourth-order valence-electron chi connectivity index (χ4n) is 2.23. The molecule has 1 N–H and O–H groups in total. The third-order valence-corrected chi connectivity index (χ3v) is 3.46. The van der Waals surface area contributed by atoms with Crippen molar-refractivity contribution in [1.82, 2.24) is 9.88 Å². The number of hydrogen-bond acceptors (Lipinski definition) is 4. The van der Waals surface area contributed by atoms with Crippen molar-refractivity contribution in [2.75, 3.05) is 32.1 Å². The maximum Gasteiger partial charge on any atom is 0.0931 e. The highest BCUT2D eigenvalue weighted by molar-refractivity contribution is 5.46. The summed E-state index contributed by atoms with van der Waals surface area (Å²) in [5.41, 5.74) is 1.89.